The van der Waals surface area contributed by atoms with Gasteiger partial charge in [-0.1, -0.05) is 114 Å². The van der Waals surface area contributed by atoms with Crippen LogP contribution in [0.1, 0.15) is 33.3 Å². The summed E-state index contributed by atoms with van der Waals surface area (Å²) >= 11 is 2.75. The molecule has 7 rings (SSSR count). The summed E-state index contributed by atoms with van der Waals surface area (Å²) in [6.45, 7) is 1.95. The first-order chi connectivity index (χ1) is 20.5. The van der Waals surface area contributed by atoms with Crippen molar-refractivity contribution in [2.45, 2.75) is 23.1 Å². The topological polar surface area (TPSA) is 93.4 Å². The maximum Gasteiger partial charge on any atom is 0.297 e. The predicted octanol–water partition coefficient (Wildman–Crippen LogP) is 7.19. The van der Waals surface area contributed by atoms with Crippen LogP contribution < -0.4 is 4.90 Å². The van der Waals surface area contributed by atoms with Crippen molar-refractivity contribution in [1.29, 1.82) is 0 Å². The third kappa shape index (κ3) is 4.60. The van der Waals surface area contributed by atoms with Gasteiger partial charge < -0.3 is 4.42 Å². The van der Waals surface area contributed by atoms with E-state index in [1.807, 2.05) is 67.6 Å². The second-order valence-corrected chi connectivity index (χ2v) is 12.3. The molecule has 1 saturated heterocycles. The number of amides is 1. The Morgan fingerprint density at radius 3 is 2.45 bits per heavy atom. The van der Waals surface area contributed by atoms with E-state index in [-0.39, 0.29) is 10.9 Å². The Morgan fingerprint density at radius 2 is 1.64 bits per heavy atom. The van der Waals surface area contributed by atoms with E-state index in [1.165, 1.54) is 33.4 Å². The molecular weight excluding hydrogens is 567 g/mol. The Hall–Kier alpha value is -4.60. The molecule has 7 nitrogen and oxygen atoms in total. The number of ketones is 2. The number of furan rings is 1. The first-order valence-electron chi connectivity index (χ1n) is 13.4. The average molecular weight is 590 g/mol. The fourth-order valence-electron chi connectivity index (χ4n) is 5.42. The third-order valence-electron chi connectivity index (χ3n) is 7.51. The molecule has 1 fully saturated rings. The lowest BCUT2D eigenvalue weighted by atomic mass is 9.88. The molecule has 0 spiro atoms. The first kappa shape index (κ1) is 26.3. The second kappa shape index (κ2) is 10.7. The van der Waals surface area contributed by atoms with Gasteiger partial charge in [-0.15, -0.1) is 10.2 Å². The number of nitrogens with zero attached hydrogens (tertiary/aromatic N) is 3. The van der Waals surface area contributed by atoms with Crippen molar-refractivity contribution in [3.05, 3.63) is 120 Å². The lowest BCUT2D eigenvalue weighted by Crippen LogP contribution is -2.30. The summed E-state index contributed by atoms with van der Waals surface area (Å²) in [4.78, 5) is 42.2. The number of carbonyl (C=O) groups excluding carboxylic acids is 3. The van der Waals surface area contributed by atoms with Crippen molar-refractivity contribution in [1.82, 2.24) is 10.2 Å². The molecular formula is C33H23N3O4S2. The number of benzene rings is 4. The van der Waals surface area contributed by atoms with Crippen LogP contribution in [0.25, 0.3) is 21.7 Å². The largest absolute Gasteiger partial charge is 0.453 e. The number of hydrogen-bond acceptors (Lipinski definition) is 8. The van der Waals surface area contributed by atoms with E-state index in [4.69, 9.17) is 4.42 Å². The quantitative estimate of drug-likeness (QED) is 0.0639. The highest BCUT2D eigenvalue weighted by Gasteiger charge is 2.54. The Labute approximate surface area is 249 Å². The minimum Gasteiger partial charge on any atom is -0.453 e. The lowest BCUT2D eigenvalue weighted by molar-refractivity contribution is -0.135. The predicted molar refractivity (Wildman–Crippen MR) is 164 cm³/mol. The normalized spacial score (nSPS) is 17.0. The molecule has 9 heteroatoms. The highest BCUT2D eigenvalue weighted by atomic mass is 32.2. The van der Waals surface area contributed by atoms with Crippen LogP contribution in [0.4, 0.5) is 5.13 Å². The number of fused-ring (bicyclic) bond motifs is 2. The van der Waals surface area contributed by atoms with E-state index in [0.717, 1.165) is 21.9 Å². The number of anilines is 1. The minimum absolute atomic E-state index is 0.0462. The molecule has 1 amide bonds. The Morgan fingerprint density at radius 1 is 0.905 bits per heavy atom. The number of Topliss-reactive ketones (excluding diaryl/α,β-unsaturated/α-hetero) is 2. The summed E-state index contributed by atoms with van der Waals surface area (Å²) in [5, 5.41) is 12.0. The van der Waals surface area contributed by atoms with E-state index < -0.39 is 29.4 Å². The van der Waals surface area contributed by atoms with Crippen LogP contribution in [-0.4, -0.2) is 27.7 Å². The standard InChI is InChI=1S/C33H23N3O4S2/c1-19-13-15-21(16-14-19)28-27(29(37)26-17-22-8-3-5-12-25(22)40-26)30(38)31(39)36(28)32-34-35-33(42-32)41-18-23-10-6-9-20-7-2-4-11-24(20)23/h2-17,27-28H,18H2,1H3. The smallest absolute Gasteiger partial charge is 0.297 e. The number of hydrogen-bond donors (Lipinski definition) is 0. The molecule has 2 aromatic heterocycles. The molecule has 2 atom stereocenters. The van der Waals surface area contributed by atoms with Crippen LogP contribution in [0, 0.1) is 12.8 Å². The third-order valence-corrected chi connectivity index (χ3v) is 9.61. The van der Waals surface area contributed by atoms with Crippen molar-refractivity contribution < 1.29 is 18.8 Å². The molecule has 42 heavy (non-hydrogen) atoms. The van der Waals surface area contributed by atoms with Gasteiger partial charge in [0.25, 0.3) is 5.91 Å². The van der Waals surface area contributed by atoms with Crippen LogP contribution in [-0.2, 0) is 15.3 Å². The van der Waals surface area contributed by atoms with Crippen LogP contribution in [0.15, 0.2) is 106 Å². The summed E-state index contributed by atoms with van der Waals surface area (Å²) in [6.07, 6.45) is 0. The van der Waals surface area contributed by atoms with Gasteiger partial charge in [0.15, 0.2) is 10.1 Å². The summed E-state index contributed by atoms with van der Waals surface area (Å²) in [6, 6.07) is 29.9. The summed E-state index contributed by atoms with van der Waals surface area (Å²) in [7, 11) is 0. The Balaban J connectivity index is 1.22. The van der Waals surface area contributed by atoms with Gasteiger partial charge in [0.05, 0.1) is 6.04 Å². The van der Waals surface area contributed by atoms with Gasteiger partial charge in [-0.3, -0.25) is 19.3 Å². The molecule has 3 heterocycles. The van der Waals surface area contributed by atoms with Gasteiger partial charge in [-0.25, -0.2) is 0 Å². The molecule has 0 aliphatic carbocycles. The molecule has 1 aliphatic heterocycles. The number of thioether (sulfide) groups is 1. The molecule has 2 unspecified atom stereocenters. The van der Waals surface area contributed by atoms with Gasteiger partial charge in [0, 0.05) is 11.1 Å². The molecule has 4 aromatic carbocycles. The van der Waals surface area contributed by atoms with Gasteiger partial charge in [0.1, 0.15) is 11.5 Å². The lowest BCUT2D eigenvalue weighted by Gasteiger charge is -2.24. The van der Waals surface area contributed by atoms with Crippen molar-refractivity contribution in [2.75, 3.05) is 4.90 Å². The molecule has 0 radical (unpaired) electrons. The highest BCUT2D eigenvalue weighted by Crippen LogP contribution is 2.44. The number of carbonyl (C=O) groups is 3. The summed E-state index contributed by atoms with van der Waals surface area (Å²) in [5.41, 5.74) is 3.38. The number of rotatable bonds is 7. The second-order valence-electron chi connectivity index (χ2n) is 10.2. The van der Waals surface area contributed by atoms with Gasteiger partial charge in [0.2, 0.25) is 16.7 Å². The van der Waals surface area contributed by atoms with E-state index in [0.29, 0.717) is 21.2 Å². The maximum absolute atomic E-state index is 13.8. The molecule has 206 valence electrons. The highest BCUT2D eigenvalue weighted by molar-refractivity contribution is 8.00. The number of aromatic nitrogens is 2. The molecule has 1 aliphatic rings. The average Bonchev–Trinajstić information content (AvgIpc) is 3.73. The van der Waals surface area contributed by atoms with Crippen LogP contribution >= 0.6 is 23.1 Å². The zero-order chi connectivity index (χ0) is 28.8. The van der Waals surface area contributed by atoms with Crippen molar-refractivity contribution in [3.8, 4) is 0 Å². The minimum atomic E-state index is -1.28. The van der Waals surface area contributed by atoms with Crippen LogP contribution in [0.3, 0.4) is 0 Å². The zero-order valence-corrected chi connectivity index (χ0v) is 24.0. The fourth-order valence-corrected chi connectivity index (χ4v) is 7.30. The van der Waals surface area contributed by atoms with E-state index in [1.54, 1.807) is 12.1 Å². The zero-order valence-electron chi connectivity index (χ0n) is 22.4. The summed E-state index contributed by atoms with van der Waals surface area (Å²) in [5.74, 6) is -2.67. The Bertz CT molecular complexity index is 1960. The van der Waals surface area contributed by atoms with Crippen molar-refractivity contribution in [2.24, 2.45) is 5.92 Å². The number of para-hydroxylation sites is 1. The first-order valence-corrected chi connectivity index (χ1v) is 15.2. The van der Waals surface area contributed by atoms with Crippen molar-refractivity contribution in [3.63, 3.8) is 0 Å². The van der Waals surface area contributed by atoms with Crippen LogP contribution in [0.2, 0.25) is 0 Å². The monoisotopic (exact) mass is 589 g/mol. The Kier molecular flexibility index (Phi) is 6.68. The van der Waals surface area contributed by atoms with Crippen LogP contribution in [0.5, 0.6) is 0 Å². The number of aryl methyl sites for hydroxylation is 1. The molecule has 0 bridgehead atoms. The maximum atomic E-state index is 13.8. The van der Waals surface area contributed by atoms with Crippen molar-refractivity contribution >= 4 is 67.4 Å². The summed E-state index contributed by atoms with van der Waals surface area (Å²) < 4.78 is 6.48. The van der Waals surface area contributed by atoms with E-state index in [2.05, 4.69) is 34.5 Å². The molecule has 0 N–H and O–H groups in total. The molecule has 6 aromatic rings. The fraction of sp³-hybridized carbons (Fsp3) is 0.121. The van der Waals surface area contributed by atoms with E-state index >= 15 is 0 Å². The van der Waals surface area contributed by atoms with Gasteiger partial charge >= 0.3 is 0 Å². The van der Waals surface area contributed by atoms with Gasteiger partial charge in [-0.2, -0.15) is 0 Å². The molecule has 0 saturated carbocycles. The van der Waals surface area contributed by atoms with Gasteiger partial charge in [-0.05, 0) is 41.0 Å². The SMILES string of the molecule is Cc1ccc(C2C(C(=O)c3cc4ccccc4o3)C(=O)C(=O)N2c2nnc(SCc3cccc4ccccc34)s2)cc1. The van der Waals surface area contributed by atoms with E-state index in [9.17, 15) is 14.4 Å².